The van der Waals surface area contributed by atoms with Crippen LogP contribution in [0.3, 0.4) is 0 Å². The van der Waals surface area contributed by atoms with Crippen molar-refractivity contribution in [1.29, 1.82) is 0 Å². The van der Waals surface area contributed by atoms with E-state index in [1.807, 2.05) is 30.5 Å². The number of hydrogen-bond acceptors (Lipinski definition) is 2. The van der Waals surface area contributed by atoms with Crippen molar-refractivity contribution in [1.82, 2.24) is 5.10 Å². The number of carbonyl (C=O) groups is 1. The van der Waals surface area contributed by atoms with E-state index in [9.17, 15) is 4.79 Å². The fourth-order valence-corrected chi connectivity index (χ4v) is 2.27. The van der Waals surface area contributed by atoms with Crippen molar-refractivity contribution >= 4 is 34.0 Å². The number of benzene rings is 2. The molecule has 0 unspecified atom stereocenters. The molecule has 0 atom stereocenters. The summed E-state index contributed by atoms with van der Waals surface area (Å²) >= 11 is 5.88. The maximum Gasteiger partial charge on any atom is 0.292 e. The molecule has 104 valence electrons. The molecule has 0 aliphatic heterocycles. The van der Waals surface area contributed by atoms with Gasteiger partial charge >= 0.3 is 0 Å². The molecule has 0 bridgehead atoms. The molecular formula is C16H13ClN3O+. The molecule has 3 rings (SSSR count). The number of rotatable bonds is 3. The zero-order valence-electron chi connectivity index (χ0n) is 11.2. The standard InChI is InChI=1S/C16H12ClN3O/c17-14-6-3-7-15(8-14)19-16(21)11-20-10-13-5-2-1-4-12(13)9-18-20/h1-10H,11H2/p+1. The van der Waals surface area contributed by atoms with Gasteiger partial charge in [-0.25, -0.2) is 0 Å². The zero-order valence-corrected chi connectivity index (χ0v) is 11.9. The van der Waals surface area contributed by atoms with Gasteiger partial charge in [0.1, 0.15) is 6.20 Å². The molecule has 1 aromatic heterocycles. The van der Waals surface area contributed by atoms with Crippen LogP contribution in [0.25, 0.3) is 10.8 Å². The fraction of sp³-hybridized carbons (Fsp3) is 0.0625. The van der Waals surface area contributed by atoms with Gasteiger partial charge in [-0.3, -0.25) is 4.79 Å². The predicted octanol–water partition coefficient (Wildman–Crippen LogP) is 2.81. The quantitative estimate of drug-likeness (QED) is 0.756. The van der Waals surface area contributed by atoms with E-state index >= 15 is 0 Å². The van der Waals surface area contributed by atoms with E-state index in [0.29, 0.717) is 10.7 Å². The number of halogens is 1. The lowest BCUT2D eigenvalue weighted by Gasteiger charge is -2.02. The van der Waals surface area contributed by atoms with Gasteiger partial charge in [0.05, 0.1) is 0 Å². The predicted molar refractivity (Wildman–Crippen MR) is 82.0 cm³/mol. The lowest BCUT2D eigenvalue weighted by molar-refractivity contribution is -0.740. The van der Waals surface area contributed by atoms with Crippen molar-refractivity contribution in [2.45, 2.75) is 6.54 Å². The number of aromatic nitrogens is 2. The highest BCUT2D eigenvalue weighted by Gasteiger charge is 2.12. The van der Waals surface area contributed by atoms with Crippen LogP contribution >= 0.6 is 11.6 Å². The average Bonchev–Trinajstić information content (AvgIpc) is 2.47. The molecule has 1 amide bonds. The molecule has 0 aliphatic carbocycles. The number of hydrogen-bond donors (Lipinski definition) is 1. The zero-order chi connectivity index (χ0) is 14.7. The topological polar surface area (TPSA) is 45.9 Å². The Hall–Kier alpha value is -2.46. The maximum atomic E-state index is 12.0. The third kappa shape index (κ3) is 3.35. The van der Waals surface area contributed by atoms with Crippen LogP contribution in [0.1, 0.15) is 0 Å². The Bertz CT molecular complexity index is 804. The first-order chi connectivity index (χ1) is 10.2. The van der Waals surface area contributed by atoms with Crippen molar-refractivity contribution in [3.05, 3.63) is 65.9 Å². The smallest absolute Gasteiger partial charge is 0.292 e. The van der Waals surface area contributed by atoms with Gasteiger partial charge < -0.3 is 5.32 Å². The summed E-state index contributed by atoms with van der Waals surface area (Å²) in [5, 5.41) is 9.71. The van der Waals surface area contributed by atoms with Crippen molar-refractivity contribution in [3.8, 4) is 0 Å². The summed E-state index contributed by atoms with van der Waals surface area (Å²) in [7, 11) is 0. The van der Waals surface area contributed by atoms with Crippen LogP contribution in [0, 0.1) is 0 Å². The van der Waals surface area contributed by atoms with E-state index in [4.69, 9.17) is 11.6 Å². The van der Waals surface area contributed by atoms with Gasteiger partial charge in [-0.2, -0.15) is 0 Å². The Kier molecular flexibility index (Phi) is 3.79. The summed E-state index contributed by atoms with van der Waals surface area (Å²) in [4.78, 5) is 12.0. The van der Waals surface area contributed by atoms with Gasteiger partial charge in [0, 0.05) is 21.5 Å². The van der Waals surface area contributed by atoms with Gasteiger partial charge in [-0.15, -0.1) is 0 Å². The lowest BCUT2D eigenvalue weighted by atomic mass is 10.2. The molecular weight excluding hydrogens is 286 g/mol. The number of amides is 1. The van der Waals surface area contributed by atoms with Gasteiger partial charge in [0.25, 0.3) is 12.5 Å². The number of carbonyl (C=O) groups excluding carboxylic acids is 1. The maximum absolute atomic E-state index is 12.0. The third-order valence-corrected chi connectivity index (χ3v) is 3.28. The van der Waals surface area contributed by atoms with Crippen LogP contribution in [0.4, 0.5) is 5.69 Å². The average molecular weight is 299 g/mol. The SMILES string of the molecule is O=C(C[n+]1cc2ccccc2cn1)Nc1cccc(Cl)c1. The van der Waals surface area contributed by atoms with Crippen molar-refractivity contribution in [3.63, 3.8) is 0 Å². The molecule has 5 heteroatoms. The van der Waals surface area contributed by atoms with Crippen LogP contribution in [-0.4, -0.2) is 11.0 Å². The highest BCUT2D eigenvalue weighted by molar-refractivity contribution is 6.30. The number of nitrogens with zero attached hydrogens (tertiary/aromatic N) is 2. The molecule has 0 spiro atoms. The first-order valence-electron chi connectivity index (χ1n) is 6.51. The van der Waals surface area contributed by atoms with Crippen LogP contribution in [0.5, 0.6) is 0 Å². The van der Waals surface area contributed by atoms with E-state index in [0.717, 1.165) is 10.8 Å². The molecule has 0 fully saturated rings. The fourth-order valence-electron chi connectivity index (χ4n) is 2.08. The number of anilines is 1. The second kappa shape index (κ2) is 5.89. The van der Waals surface area contributed by atoms with Crippen LogP contribution in [0.2, 0.25) is 5.02 Å². The Morgan fingerprint density at radius 2 is 1.95 bits per heavy atom. The minimum absolute atomic E-state index is 0.148. The van der Waals surface area contributed by atoms with Crippen LogP contribution in [0.15, 0.2) is 60.9 Å². The Morgan fingerprint density at radius 1 is 1.14 bits per heavy atom. The highest BCUT2D eigenvalue weighted by Crippen LogP contribution is 2.14. The van der Waals surface area contributed by atoms with Gasteiger partial charge in [0.15, 0.2) is 0 Å². The van der Waals surface area contributed by atoms with E-state index < -0.39 is 0 Å². The second-order valence-corrected chi connectivity index (χ2v) is 5.10. The summed E-state index contributed by atoms with van der Waals surface area (Å²) < 4.78 is 1.61. The number of fused-ring (bicyclic) bond motifs is 1. The molecule has 1 N–H and O–H groups in total. The molecule has 0 aliphatic rings. The summed E-state index contributed by atoms with van der Waals surface area (Å²) in [6.45, 7) is 0.150. The van der Waals surface area contributed by atoms with E-state index in [2.05, 4.69) is 10.4 Å². The van der Waals surface area contributed by atoms with Crippen molar-refractivity contribution < 1.29 is 9.48 Å². The van der Waals surface area contributed by atoms with Gasteiger partial charge in [0.2, 0.25) is 6.20 Å². The summed E-state index contributed by atoms with van der Waals surface area (Å²) in [6.07, 6.45) is 3.61. The van der Waals surface area contributed by atoms with Crippen LogP contribution < -0.4 is 10.00 Å². The first kappa shape index (κ1) is 13.5. The highest BCUT2D eigenvalue weighted by atomic mass is 35.5. The Balaban J connectivity index is 1.74. The van der Waals surface area contributed by atoms with Crippen molar-refractivity contribution in [2.75, 3.05) is 5.32 Å². The Labute approximate surface area is 127 Å². The molecule has 21 heavy (non-hydrogen) atoms. The molecule has 0 saturated carbocycles. The monoisotopic (exact) mass is 298 g/mol. The lowest BCUT2D eigenvalue weighted by Crippen LogP contribution is -2.43. The van der Waals surface area contributed by atoms with E-state index in [-0.39, 0.29) is 12.5 Å². The van der Waals surface area contributed by atoms with E-state index in [1.54, 1.807) is 35.1 Å². The van der Waals surface area contributed by atoms with E-state index in [1.165, 1.54) is 0 Å². The first-order valence-corrected chi connectivity index (χ1v) is 6.88. The summed E-state index contributed by atoms with van der Waals surface area (Å²) in [5.74, 6) is -0.148. The molecule has 0 saturated heterocycles. The van der Waals surface area contributed by atoms with Crippen LogP contribution in [-0.2, 0) is 11.3 Å². The summed E-state index contributed by atoms with van der Waals surface area (Å²) in [5.41, 5.74) is 0.675. The van der Waals surface area contributed by atoms with Gasteiger partial charge in [-0.05, 0) is 29.4 Å². The minimum Gasteiger partial charge on any atom is -0.320 e. The van der Waals surface area contributed by atoms with Crippen molar-refractivity contribution in [2.24, 2.45) is 0 Å². The second-order valence-electron chi connectivity index (χ2n) is 4.66. The minimum atomic E-state index is -0.148. The molecule has 3 aromatic rings. The van der Waals surface area contributed by atoms with Gasteiger partial charge in [-0.1, -0.05) is 40.5 Å². The number of nitrogens with one attached hydrogen (secondary N) is 1. The largest absolute Gasteiger partial charge is 0.320 e. The normalized spacial score (nSPS) is 10.5. The molecule has 2 aromatic carbocycles. The molecule has 0 radical (unpaired) electrons. The third-order valence-electron chi connectivity index (χ3n) is 3.04. The molecule has 4 nitrogen and oxygen atoms in total. The molecule has 1 heterocycles. The summed E-state index contributed by atoms with van der Waals surface area (Å²) in [6, 6.07) is 14.9. The Morgan fingerprint density at radius 3 is 2.76 bits per heavy atom.